The van der Waals surface area contributed by atoms with Crippen molar-refractivity contribution < 1.29 is 9.59 Å². The van der Waals surface area contributed by atoms with E-state index in [2.05, 4.69) is 15.3 Å². The lowest BCUT2D eigenvalue weighted by Crippen LogP contribution is -2.41. The summed E-state index contributed by atoms with van der Waals surface area (Å²) in [4.78, 5) is 59.2. The van der Waals surface area contributed by atoms with E-state index < -0.39 is 23.2 Å². The summed E-state index contributed by atoms with van der Waals surface area (Å²) < 4.78 is 3.43. The molecule has 0 spiro atoms. The van der Waals surface area contributed by atoms with Gasteiger partial charge in [-0.1, -0.05) is 36.2 Å². The van der Waals surface area contributed by atoms with Gasteiger partial charge in [0.25, 0.3) is 5.56 Å². The SMILES string of the molecule is CCC(=O)Cn1c(=O)c2c(ncn2[C@@H](C)C(=O)Nc2csc(-c3ccc(Cl)c(Cl)c3)n2)n(C)c1=O. The number of hydrogen-bond acceptors (Lipinski definition) is 7. The maximum Gasteiger partial charge on any atom is 0.332 e. The van der Waals surface area contributed by atoms with E-state index in [1.165, 1.54) is 33.8 Å². The Hall–Kier alpha value is -3.28. The Morgan fingerprint density at radius 2 is 1.94 bits per heavy atom. The number of aromatic nitrogens is 5. The van der Waals surface area contributed by atoms with Gasteiger partial charge in [-0.15, -0.1) is 11.3 Å². The number of fused-ring (bicyclic) bond motifs is 1. The first-order valence-electron chi connectivity index (χ1n) is 10.5. The summed E-state index contributed by atoms with van der Waals surface area (Å²) in [7, 11) is 1.46. The van der Waals surface area contributed by atoms with Crippen LogP contribution in [0.5, 0.6) is 0 Å². The molecule has 182 valence electrons. The predicted octanol–water partition coefficient (Wildman–Crippen LogP) is 3.51. The van der Waals surface area contributed by atoms with E-state index in [1.807, 2.05) is 0 Å². The van der Waals surface area contributed by atoms with Crippen LogP contribution < -0.4 is 16.6 Å². The normalized spacial score (nSPS) is 12.1. The van der Waals surface area contributed by atoms with Crippen LogP contribution in [-0.2, 0) is 23.2 Å². The Bertz CT molecular complexity index is 1590. The molecule has 1 amide bonds. The fraction of sp³-hybridized carbons (Fsp3) is 0.273. The molecule has 3 aromatic heterocycles. The first-order valence-corrected chi connectivity index (χ1v) is 12.2. The second kappa shape index (κ2) is 9.76. The van der Waals surface area contributed by atoms with Crippen molar-refractivity contribution in [2.45, 2.75) is 32.9 Å². The monoisotopic (exact) mass is 534 g/mol. The van der Waals surface area contributed by atoms with E-state index in [-0.39, 0.29) is 29.9 Å². The van der Waals surface area contributed by atoms with E-state index >= 15 is 0 Å². The predicted molar refractivity (Wildman–Crippen MR) is 135 cm³/mol. The van der Waals surface area contributed by atoms with Gasteiger partial charge in [0.15, 0.2) is 16.9 Å². The summed E-state index contributed by atoms with van der Waals surface area (Å²) >= 11 is 13.4. The quantitative estimate of drug-likeness (QED) is 0.387. The molecular formula is C22H20Cl2N6O4S. The maximum absolute atomic E-state index is 13.1. The zero-order valence-electron chi connectivity index (χ0n) is 18.9. The molecule has 1 aromatic carbocycles. The zero-order chi connectivity index (χ0) is 25.4. The number of rotatable bonds is 7. The average molecular weight is 535 g/mol. The highest BCUT2D eigenvalue weighted by atomic mass is 35.5. The number of carbonyl (C=O) groups excluding carboxylic acids is 2. The van der Waals surface area contributed by atoms with Gasteiger partial charge >= 0.3 is 5.69 Å². The van der Waals surface area contributed by atoms with E-state index in [0.29, 0.717) is 20.9 Å². The van der Waals surface area contributed by atoms with E-state index in [0.717, 1.165) is 10.1 Å². The van der Waals surface area contributed by atoms with Crippen molar-refractivity contribution in [2.75, 3.05) is 5.32 Å². The van der Waals surface area contributed by atoms with Gasteiger partial charge in [0, 0.05) is 24.4 Å². The smallest absolute Gasteiger partial charge is 0.312 e. The number of Topliss-reactive ketones (excluding diaryl/α,β-unsaturated/α-hetero) is 1. The molecule has 10 nitrogen and oxygen atoms in total. The molecule has 0 saturated heterocycles. The topological polar surface area (TPSA) is 121 Å². The largest absolute Gasteiger partial charge is 0.332 e. The van der Waals surface area contributed by atoms with Gasteiger partial charge in [-0.05, 0) is 19.1 Å². The van der Waals surface area contributed by atoms with Gasteiger partial charge in [-0.3, -0.25) is 23.5 Å². The molecule has 4 rings (SSSR count). The van der Waals surface area contributed by atoms with Crippen molar-refractivity contribution >= 4 is 63.2 Å². The Labute approximate surface area is 212 Å². The molecule has 1 atom stereocenters. The van der Waals surface area contributed by atoms with Gasteiger partial charge in [-0.25, -0.2) is 14.8 Å². The Morgan fingerprint density at radius 3 is 2.63 bits per heavy atom. The van der Waals surface area contributed by atoms with Crippen molar-refractivity contribution in [3.8, 4) is 10.6 Å². The summed E-state index contributed by atoms with van der Waals surface area (Å²) in [5.41, 5.74) is -0.410. The minimum absolute atomic E-state index is 0.0495. The maximum atomic E-state index is 13.1. The lowest BCUT2D eigenvalue weighted by Gasteiger charge is -2.14. The van der Waals surface area contributed by atoms with Crippen LogP contribution in [0.3, 0.4) is 0 Å². The van der Waals surface area contributed by atoms with Crippen LogP contribution in [0.25, 0.3) is 21.7 Å². The summed E-state index contributed by atoms with van der Waals surface area (Å²) in [6, 6.07) is 4.26. The van der Waals surface area contributed by atoms with E-state index in [9.17, 15) is 19.2 Å². The van der Waals surface area contributed by atoms with Gasteiger partial charge < -0.3 is 9.88 Å². The number of hydrogen-bond donors (Lipinski definition) is 1. The van der Waals surface area contributed by atoms with Crippen molar-refractivity contribution in [3.63, 3.8) is 0 Å². The van der Waals surface area contributed by atoms with E-state index in [1.54, 1.807) is 37.4 Å². The Kier molecular flexibility index (Phi) is 6.93. The van der Waals surface area contributed by atoms with Crippen LogP contribution in [0.15, 0.2) is 39.5 Å². The number of ketones is 1. The van der Waals surface area contributed by atoms with Crippen LogP contribution in [0.4, 0.5) is 5.82 Å². The lowest BCUT2D eigenvalue weighted by atomic mass is 10.2. The highest BCUT2D eigenvalue weighted by Gasteiger charge is 2.24. The minimum Gasteiger partial charge on any atom is -0.312 e. The van der Waals surface area contributed by atoms with Crippen molar-refractivity contribution in [3.05, 3.63) is 60.8 Å². The molecule has 0 aliphatic carbocycles. The summed E-state index contributed by atoms with van der Waals surface area (Å²) in [6.45, 7) is 2.90. The van der Waals surface area contributed by atoms with Crippen molar-refractivity contribution in [1.82, 2.24) is 23.7 Å². The lowest BCUT2D eigenvalue weighted by molar-refractivity contribution is -0.120. The first-order chi connectivity index (χ1) is 16.6. The molecule has 0 bridgehead atoms. The first kappa shape index (κ1) is 24.8. The number of amides is 1. The number of nitrogens with zero attached hydrogens (tertiary/aromatic N) is 5. The third-order valence-corrected chi connectivity index (χ3v) is 7.14. The van der Waals surface area contributed by atoms with Crippen molar-refractivity contribution in [1.29, 1.82) is 0 Å². The van der Waals surface area contributed by atoms with Gasteiger partial charge in [0.2, 0.25) is 5.91 Å². The Balaban J connectivity index is 1.64. The molecule has 1 N–H and O–H groups in total. The Morgan fingerprint density at radius 1 is 1.20 bits per heavy atom. The third kappa shape index (κ3) is 4.66. The number of thiazole rings is 1. The number of carbonyl (C=O) groups is 2. The van der Waals surface area contributed by atoms with Crippen LogP contribution >= 0.6 is 34.5 Å². The van der Waals surface area contributed by atoms with E-state index in [4.69, 9.17) is 23.2 Å². The highest BCUT2D eigenvalue weighted by molar-refractivity contribution is 7.13. The van der Waals surface area contributed by atoms with Gasteiger partial charge in [0.1, 0.15) is 16.9 Å². The number of imidazole rings is 1. The average Bonchev–Trinajstić information content (AvgIpc) is 3.49. The standard InChI is InChI=1S/C22H20Cl2N6O4S/c1-4-13(31)8-29-21(33)17-18(28(3)22(29)34)25-10-30(17)11(2)19(32)26-16-9-35-20(27-16)12-5-6-14(23)15(24)7-12/h5-7,9-11H,4,8H2,1-3H3,(H,26,32)/t11-/m0/s1. The summed E-state index contributed by atoms with van der Waals surface area (Å²) in [6.07, 6.45) is 1.51. The molecule has 4 aromatic rings. The third-order valence-electron chi connectivity index (χ3n) is 5.51. The summed E-state index contributed by atoms with van der Waals surface area (Å²) in [5.74, 6) is -0.378. The van der Waals surface area contributed by atoms with Crippen LogP contribution in [0.2, 0.25) is 10.0 Å². The molecule has 13 heteroatoms. The highest BCUT2D eigenvalue weighted by Crippen LogP contribution is 2.31. The molecule has 0 aliphatic heterocycles. The molecule has 0 aliphatic rings. The zero-order valence-corrected chi connectivity index (χ0v) is 21.2. The molecular weight excluding hydrogens is 515 g/mol. The van der Waals surface area contributed by atoms with Crippen molar-refractivity contribution in [2.24, 2.45) is 7.05 Å². The number of nitrogens with one attached hydrogen (secondary N) is 1. The fourth-order valence-corrected chi connectivity index (χ4v) is 4.51. The van der Waals surface area contributed by atoms with Gasteiger partial charge in [0.05, 0.1) is 22.9 Å². The number of anilines is 1. The minimum atomic E-state index is -0.865. The fourth-order valence-electron chi connectivity index (χ4n) is 3.46. The summed E-state index contributed by atoms with van der Waals surface area (Å²) in [5, 5.41) is 5.88. The number of benzene rings is 1. The molecule has 0 fully saturated rings. The van der Waals surface area contributed by atoms with Crippen LogP contribution in [0, 0.1) is 0 Å². The van der Waals surface area contributed by atoms with Crippen LogP contribution in [0.1, 0.15) is 26.3 Å². The molecule has 0 saturated carbocycles. The number of halogens is 2. The molecule has 0 unspecified atom stereocenters. The van der Waals surface area contributed by atoms with Crippen LogP contribution in [-0.4, -0.2) is 35.4 Å². The molecule has 35 heavy (non-hydrogen) atoms. The van der Waals surface area contributed by atoms with Gasteiger partial charge in [-0.2, -0.15) is 0 Å². The number of aryl methyl sites for hydroxylation is 1. The second-order valence-electron chi connectivity index (χ2n) is 7.78. The molecule has 0 radical (unpaired) electrons. The molecule has 3 heterocycles. The second-order valence-corrected chi connectivity index (χ2v) is 9.45.